The third-order valence-electron chi connectivity index (χ3n) is 2.66. The first-order valence-corrected chi connectivity index (χ1v) is 6.56. The number of nitrogens with one attached hydrogen (secondary N) is 1. The number of rotatable bonds is 3. The summed E-state index contributed by atoms with van der Waals surface area (Å²) in [6, 6.07) is 14.0. The highest BCUT2D eigenvalue weighted by Crippen LogP contribution is 2.19. The fourth-order valence-corrected chi connectivity index (χ4v) is 1.79. The molecule has 1 amide bonds. The van der Waals surface area contributed by atoms with Crippen LogP contribution < -0.4 is 5.32 Å². The van der Waals surface area contributed by atoms with Crippen LogP contribution in [0.15, 0.2) is 42.5 Å². The van der Waals surface area contributed by atoms with Gasteiger partial charge in [-0.2, -0.15) is 0 Å². The Morgan fingerprint density at radius 1 is 1.24 bits per heavy atom. The van der Waals surface area contributed by atoms with Gasteiger partial charge < -0.3 is 5.32 Å². The first-order chi connectivity index (χ1) is 8.20. The van der Waals surface area contributed by atoms with Gasteiger partial charge in [0, 0.05) is 5.69 Å². The molecule has 1 N–H and O–H groups in total. The minimum absolute atomic E-state index is 0.00258. The zero-order valence-corrected chi connectivity index (χ0v) is 11.2. The van der Waals surface area contributed by atoms with Crippen LogP contribution in [0.3, 0.4) is 0 Å². The molecule has 0 fully saturated rings. The van der Waals surface area contributed by atoms with Crippen molar-refractivity contribution in [3.05, 3.63) is 42.5 Å². The van der Waals surface area contributed by atoms with E-state index in [1.54, 1.807) is 0 Å². The number of carbonyl (C=O) groups excluding carboxylic acids is 1. The molecule has 0 radical (unpaired) electrons. The minimum Gasteiger partial charge on any atom is -0.325 e. The van der Waals surface area contributed by atoms with Gasteiger partial charge in [0.1, 0.15) is 0 Å². The van der Waals surface area contributed by atoms with E-state index >= 15 is 0 Å². The third kappa shape index (κ3) is 2.86. The van der Waals surface area contributed by atoms with E-state index in [-0.39, 0.29) is 10.7 Å². The average Bonchev–Trinajstić information content (AvgIpc) is 2.37. The predicted octanol–water partition coefficient (Wildman–Crippen LogP) is 3.95. The van der Waals surface area contributed by atoms with E-state index in [0.29, 0.717) is 0 Å². The summed E-state index contributed by atoms with van der Waals surface area (Å²) in [7, 11) is 0. The number of halogens is 1. The van der Waals surface area contributed by atoms with Gasteiger partial charge in [0.05, 0.1) is 4.83 Å². The van der Waals surface area contributed by atoms with Crippen LogP contribution in [0.25, 0.3) is 10.8 Å². The molecule has 3 heteroatoms. The molecule has 2 rings (SSSR count). The number of hydrogen-bond acceptors (Lipinski definition) is 1. The Morgan fingerprint density at radius 2 is 1.94 bits per heavy atom. The number of anilines is 1. The molecule has 1 atom stereocenters. The van der Waals surface area contributed by atoms with Crippen LogP contribution >= 0.6 is 15.9 Å². The molecule has 0 unspecified atom stereocenters. The van der Waals surface area contributed by atoms with Crippen LogP contribution in [0.5, 0.6) is 0 Å². The summed E-state index contributed by atoms with van der Waals surface area (Å²) in [6.45, 7) is 1.97. The standard InChI is InChI=1S/C14H14BrNO/c1-2-13(15)14(17)16-12-8-7-10-5-3-4-6-11(10)9-12/h3-9,13H,2H2,1H3,(H,16,17)/t13-/m0/s1. The molecule has 2 aromatic carbocycles. The van der Waals surface area contributed by atoms with Gasteiger partial charge in [-0.3, -0.25) is 4.79 Å². The number of alkyl halides is 1. The minimum atomic E-state index is -0.131. The largest absolute Gasteiger partial charge is 0.325 e. The van der Waals surface area contributed by atoms with Gasteiger partial charge in [0.25, 0.3) is 0 Å². The maximum absolute atomic E-state index is 11.7. The summed E-state index contributed by atoms with van der Waals surface area (Å²) in [6.07, 6.45) is 0.777. The van der Waals surface area contributed by atoms with Gasteiger partial charge in [-0.25, -0.2) is 0 Å². The number of carbonyl (C=O) groups is 1. The van der Waals surface area contributed by atoms with E-state index in [4.69, 9.17) is 0 Å². The molecule has 88 valence electrons. The van der Waals surface area contributed by atoms with Crippen LogP contribution in [0.4, 0.5) is 5.69 Å². The maximum Gasteiger partial charge on any atom is 0.238 e. The van der Waals surface area contributed by atoms with Crippen molar-refractivity contribution < 1.29 is 4.79 Å². The Bertz CT molecular complexity index is 538. The quantitative estimate of drug-likeness (QED) is 0.853. The SMILES string of the molecule is CC[C@H](Br)C(=O)Nc1ccc2ccccc2c1. The fraction of sp³-hybridized carbons (Fsp3) is 0.214. The number of hydrogen-bond donors (Lipinski definition) is 1. The van der Waals surface area contributed by atoms with Crippen LogP contribution in [0.2, 0.25) is 0 Å². The van der Waals surface area contributed by atoms with E-state index in [0.717, 1.165) is 17.5 Å². The van der Waals surface area contributed by atoms with Gasteiger partial charge in [0.15, 0.2) is 0 Å². The van der Waals surface area contributed by atoms with Crippen molar-refractivity contribution in [2.75, 3.05) is 5.32 Å². The van der Waals surface area contributed by atoms with Gasteiger partial charge in [-0.1, -0.05) is 53.2 Å². The van der Waals surface area contributed by atoms with Crippen molar-refractivity contribution in [3.63, 3.8) is 0 Å². The molecular formula is C14H14BrNO. The second kappa shape index (κ2) is 5.32. The number of fused-ring (bicyclic) bond motifs is 1. The Morgan fingerprint density at radius 3 is 2.65 bits per heavy atom. The van der Waals surface area contributed by atoms with Gasteiger partial charge in [-0.15, -0.1) is 0 Å². The summed E-state index contributed by atoms with van der Waals surface area (Å²) < 4.78 is 0. The zero-order chi connectivity index (χ0) is 12.3. The zero-order valence-electron chi connectivity index (χ0n) is 9.61. The highest BCUT2D eigenvalue weighted by atomic mass is 79.9. The molecule has 0 bridgehead atoms. The predicted molar refractivity (Wildman–Crippen MR) is 75.6 cm³/mol. The molecule has 17 heavy (non-hydrogen) atoms. The van der Waals surface area contributed by atoms with Crippen LogP contribution in [0, 0.1) is 0 Å². The van der Waals surface area contributed by atoms with Crippen LogP contribution in [-0.4, -0.2) is 10.7 Å². The van der Waals surface area contributed by atoms with E-state index in [2.05, 4.69) is 27.3 Å². The molecule has 2 nitrogen and oxygen atoms in total. The van der Waals surface area contributed by atoms with Crippen molar-refractivity contribution in [1.29, 1.82) is 0 Å². The average molecular weight is 292 g/mol. The molecule has 0 heterocycles. The van der Waals surface area contributed by atoms with E-state index < -0.39 is 0 Å². The first kappa shape index (κ1) is 12.1. The lowest BCUT2D eigenvalue weighted by Gasteiger charge is -2.09. The number of amides is 1. The Kier molecular flexibility index (Phi) is 3.79. The smallest absolute Gasteiger partial charge is 0.238 e. The van der Waals surface area contributed by atoms with Crippen molar-refractivity contribution in [2.24, 2.45) is 0 Å². The van der Waals surface area contributed by atoms with Crippen molar-refractivity contribution >= 4 is 38.3 Å². The van der Waals surface area contributed by atoms with Gasteiger partial charge in [0.2, 0.25) is 5.91 Å². The lowest BCUT2D eigenvalue weighted by atomic mass is 10.1. The molecular weight excluding hydrogens is 278 g/mol. The molecule has 0 aliphatic rings. The van der Waals surface area contributed by atoms with E-state index in [1.165, 1.54) is 5.39 Å². The van der Waals surface area contributed by atoms with Gasteiger partial charge >= 0.3 is 0 Å². The topological polar surface area (TPSA) is 29.1 Å². The number of benzene rings is 2. The summed E-state index contributed by atoms with van der Waals surface area (Å²) in [4.78, 5) is 11.6. The first-order valence-electron chi connectivity index (χ1n) is 5.64. The lowest BCUT2D eigenvalue weighted by Crippen LogP contribution is -2.21. The Hall–Kier alpha value is -1.35. The molecule has 0 aliphatic heterocycles. The summed E-state index contributed by atoms with van der Waals surface area (Å²) in [5.74, 6) is 0.00258. The fourth-order valence-electron chi connectivity index (χ4n) is 1.67. The van der Waals surface area contributed by atoms with Gasteiger partial charge in [-0.05, 0) is 29.3 Å². The molecule has 0 saturated carbocycles. The normalized spacial score (nSPS) is 12.4. The highest BCUT2D eigenvalue weighted by molar-refractivity contribution is 9.10. The molecule has 2 aromatic rings. The second-order valence-electron chi connectivity index (χ2n) is 3.93. The second-order valence-corrected chi connectivity index (χ2v) is 5.03. The lowest BCUT2D eigenvalue weighted by molar-refractivity contribution is -0.115. The van der Waals surface area contributed by atoms with Crippen molar-refractivity contribution in [3.8, 4) is 0 Å². The Balaban J connectivity index is 2.22. The summed E-state index contributed by atoms with van der Waals surface area (Å²) in [5, 5.41) is 5.21. The summed E-state index contributed by atoms with van der Waals surface area (Å²) >= 11 is 3.34. The Labute approximate surface area is 109 Å². The molecule has 0 saturated heterocycles. The molecule has 0 aromatic heterocycles. The molecule has 0 spiro atoms. The third-order valence-corrected chi connectivity index (χ3v) is 3.72. The van der Waals surface area contributed by atoms with E-state index in [1.807, 2.05) is 43.3 Å². The summed E-state index contributed by atoms with van der Waals surface area (Å²) in [5.41, 5.74) is 0.839. The van der Waals surface area contributed by atoms with Crippen LogP contribution in [-0.2, 0) is 4.79 Å². The van der Waals surface area contributed by atoms with Crippen LogP contribution in [0.1, 0.15) is 13.3 Å². The van der Waals surface area contributed by atoms with E-state index in [9.17, 15) is 4.79 Å². The monoisotopic (exact) mass is 291 g/mol. The highest BCUT2D eigenvalue weighted by Gasteiger charge is 2.12. The maximum atomic E-state index is 11.7. The van der Waals surface area contributed by atoms with Crippen molar-refractivity contribution in [2.45, 2.75) is 18.2 Å². The van der Waals surface area contributed by atoms with Crippen molar-refractivity contribution in [1.82, 2.24) is 0 Å². The molecule has 0 aliphatic carbocycles.